The predicted octanol–water partition coefficient (Wildman–Crippen LogP) is 9.96. The van der Waals surface area contributed by atoms with Gasteiger partial charge < -0.3 is 9.47 Å². The molecule has 0 bridgehead atoms. The molecular formula is C44H26O6. The summed E-state index contributed by atoms with van der Waals surface area (Å²) >= 11 is 0. The van der Waals surface area contributed by atoms with Gasteiger partial charge in [-0.3, -0.25) is 0 Å². The molecule has 0 aliphatic rings. The molecule has 0 saturated carbocycles. The fraction of sp³-hybridized carbons (Fsp3) is 0. The number of hydrogen-bond donors (Lipinski definition) is 0. The van der Waals surface area contributed by atoms with E-state index in [2.05, 4.69) is 0 Å². The third-order valence-corrected chi connectivity index (χ3v) is 8.89. The predicted molar refractivity (Wildman–Crippen MR) is 194 cm³/mol. The number of carbonyl (C=O) groups is 4. The van der Waals surface area contributed by atoms with E-state index in [9.17, 15) is 19.2 Å². The van der Waals surface area contributed by atoms with Crippen molar-refractivity contribution in [2.45, 2.75) is 0 Å². The minimum atomic E-state index is -0.737. The monoisotopic (exact) mass is 650 g/mol. The standard InChI is InChI=1S/C44H26O6/c45-41(32-19-18-27-8-1-2-10-29(27)24-32)49-42(46)33-20-22-36-30(25-33)12-6-15-38(36)39-16-7-13-31-26-34(21-23-37(31)39)43(47)50-44(48)40-17-5-11-28-9-3-4-14-35(28)40/h1-26H. The molecule has 6 heteroatoms. The molecule has 8 aromatic rings. The molecule has 0 aliphatic carbocycles. The molecule has 8 rings (SSSR count). The van der Waals surface area contributed by atoms with E-state index in [1.807, 2.05) is 109 Å². The van der Waals surface area contributed by atoms with Gasteiger partial charge >= 0.3 is 23.9 Å². The SMILES string of the molecule is O=C(OC(=O)c1ccc2c(-c3cccc4cc(C(=O)OC(=O)c5cccc6ccccc56)ccc34)cccc2c1)c1ccc2ccccc2c1. The van der Waals surface area contributed by atoms with Gasteiger partial charge in [0.2, 0.25) is 0 Å². The lowest BCUT2D eigenvalue weighted by atomic mass is 9.92. The third-order valence-electron chi connectivity index (χ3n) is 8.89. The van der Waals surface area contributed by atoms with E-state index in [0.717, 1.165) is 48.8 Å². The zero-order valence-corrected chi connectivity index (χ0v) is 26.5. The first-order valence-electron chi connectivity index (χ1n) is 16.0. The van der Waals surface area contributed by atoms with Crippen LogP contribution in [-0.2, 0) is 9.47 Å². The lowest BCUT2D eigenvalue weighted by molar-refractivity contribution is 0.0380. The summed E-state index contributed by atoms with van der Waals surface area (Å²) in [5.74, 6) is -2.90. The van der Waals surface area contributed by atoms with Crippen molar-refractivity contribution in [3.63, 3.8) is 0 Å². The van der Waals surface area contributed by atoms with Crippen LogP contribution in [0.5, 0.6) is 0 Å². The lowest BCUT2D eigenvalue weighted by Crippen LogP contribution is -2.13. The zero-order chi connectivity index (χ0) is 34.2. The number of hydrogen-bond acceptors (Lipinski definition) is 6. The van der Waals surface area contributed by atoms with E-state index in [1.165, 1.54) is 0 Å². The van der Waals surface area contributed by atoms with Crippen molar-refractivity contribution in [3.05, 3.63) is 180 Å². The van der Waals surface area contributed by atoms with Crippen LogP contribution in [0.3, 0.4) is 0 Å². The molecule has 0 saturated heterocycles. The molecule has 0 radical (unpaired) electrons. The van der Waals surface area contributed by atoms with Crippen molar-refractivity contribution in [2.24, 2.45) is 0 Å². The van der Waals surface area contributed by atoms with Crippen molar-refractivity contribution < 1.29 is 28.7 Å². The molecule has 0 aliphatic heterocycles. The maximum absolute atomic E-state index is 13.1. The number of esters is 4. The smallest absolute Gasteiger partial charge is 0.346 e. The van der Waals surface area contributed by atoms with Crippen LogP contribution in [0.1, 0.15) is 41.4 Å². The van der Waals surface area contributed by atoms with Gasteiger partial charge in [-0.1, -0.05) is 115 Å². The van der Waals surface area contributed by atoms with Crippen LogP contribution in [0.2, 0.25) is 0 Å². The Labute approximate surface area is 286 Å². The maximum atomic E-state index is 13.1. The Morgan fingerprint density at radius 1 is 0.320 bits per heavy atom. The average molecular weight is 651 g/mol. The minimum Gasteiger partial charge on any atom is -0.386 e. The molecule has 6 nitrogen and oxygen atoms in total. The highest BCUT2D eigenvalue weighted by Crippen LogP contribution is 2.35. The second-order valence-electron chi connectivity index (χ2n) is 11.9. The number of rotatable bonds is 5. The molecule has 0 aromatic heterocycles. The summed E-state index contributed by atoms with van der Waals surface area (Å²) in [5, 5.41) is 6.82. The van der Waals surface area contributed by atoms with Crippen molar-refractivity contribution in [2.75, 3.05) is 0 Å². The highest BCUT2D eigenvalue weighted by Gasteiger charge is 2.19. The lowest BCUT2D eigenvalue weighted by Gasteiger charge is -2.12. The molecule has 0 unspecified atom stereocenters. The molecule has 0 heterocycles. The normalized spacial score (nSPS) is 11.1. The third kappa shape index (κ3) is 5.65. The van der Waals surface area contributed by atoms with Gasteiger partial charge in [-0.25, -0.2) is 19.2 Å². The summed E-state index contributed by atoms with van der Waals surface area (Å²) in [6, 6.07) is 47.5. The van der Waals surface area contributed by atoms with Crippen LogP contribution < -0.4 is 0 Å². The highest BCUT2D eigenvalue weighted by atomic mass is 16.6. The quantitative estimate of drug-likeness (QED) is 0.136. The number of ether oxygens (including phenoxy) is 2. The summed E-state index contributed by atoms with van der Waals surface area (Å²) < 4.78 is 10.6. The average Bonchev–Trinajstić information content (AvgIpc) is 3.16. The van der Waals surface area contributed by atoms with E-state index < -0.39 is 23.9 Å². The van der Waals surface area contributed by atoms with E-state index >= 15 is 0 Å². The number of benzene rings is 8. The molecule has 0 atom stereocenters. The van der Waals surface area contributed by atoms with Gasteiger partial charge in [-0.2, -0.15) is 0 Å². The van der Waals surface area contributed by atoms with Gasteiger partial charge in [0.05, 0.1) is 22.3 Å². The van der Waals surface area contributed by atoms with E-state index in [0.29, 0.717) is 16.5 Å². The Morgan fingerprint density at radius 2 is 0.760 bits per heavy atom. The van der Waals surface area contributed by atoms with Gasteiger partial charge in [0, 0.05) is 0 Å². The van der Waals surface area contributed by atoms with Gasteiger partial charge in [-0.05, 0) is 96.7 Å². The molecule has 0 amide bonds. The summed E-state index contributed by atoms with van der Waals surface area (Å²) in [6.45, 7) is 0. The van der Waals surface area contributed by atoms with Gasteiger partial charge in [-0.15, -0.1) is 0 Å². The van der Waals surface area contributed by atoms with E-state index in [4.69, 9.17) is 9.47 Å². The van der Waals surface area contributed by atoms with Crippen LogP contribution in [0, 0.1) is 0 Å². The Morgan fingerprint density at radius 3 is 1.38 bits per heavy atom. The van der Waals surface area contributed by atoms with E-state index in [1.54, 1.807) is 48.5 Å². The Balaban J connectivity index is 1.04. The van der Waals surface area contributed by atoms with Crippen molar-refractivity contribution >= 4 is 67.0 Å². The van der Waals surface area contributed by atoms with Crippen molar-refractivity contribution in [3.8, 4) is 11.1 Å². The first-order valence-corrected chi connectivity index (χ1v) is 16.0. The second-order valence-corrected chi connectivity index (χ2v) is 11.9. The molecule has 238 valence electrons. The van der Waals surface area contributed by atoms with Crippen LogP contribution in [0.4, 0.5) is 0 Å². The maximum Gasteiger partial charge on any atom is 0.346 e. The number of carbonyl (C=O) groups excluding carboxylic acids is 4. The van der Waals surface area contributed by atoms with Crippen LogP contribution in [0.25, 0.3) is 54.2 Å². The minimum absolute atomic E-state index is 0.252. The van der Waals surface area contributed by atoms with Crippen LogP contribution in [0.15, 0.2) is 158 Å². The molecule has 0 fully saturated rings. The highest BCUT2D eigenvalue weighted by molar-refractivity contribution is 6.12. The first kappa shape index (κ1) is 30.4. The Bertz CT molecular complexity index is 2680. The van der Waals surface area contributed by atoms with Gasteiger partial charge in [0.1, 0.15) is 0 Å². The number of fused-ring (bicyclic) bond motifs is 4. The molecule has 0 spiro atoms. The van der Waals surface area contributed by atoms with Crippen molar-refractivity contribution in [1.29, 1.82) is 0 Å². The largest absolute Gasteiger partial charge is 0.386 e. The van der Waals surface area contributed by atoms with Crippen LogP contribution in [-0.4, -0.2) is 23.9 Å². The summed E-state index contributed by atoms with van der Waals surface area (Å²) in [7, 11) is 0. The first-order chi connectivity index (χ1) is 24.4. The Kier molecular flexibility index (Phi) is 7.66. The summed E-state index contributed by atoms with van der Waals surface area (Å²) in [5.41, 5.74) is 2.96. The van der Waals surface area contributed by atoms with Gasteiger partial charge in [0.25, 0.3) is 0 Å². The zero-order valence-electron chi connectivity index (χ0n) is 26.5. The molecule has 0 N–H and O–H groups in total. The second kappa shape index (κ2) is 12.6. The Hall–Kier alpha value is -6.92. The molecule has 8 aromatic carbocycles. The fourth-order valence-corrected chi connectivity index (χ4v) is 6.41. The topological polar surface area (TPSA) is 86.7 Å². The van der Waals surface area contributed by atoms with Gasteiger partial charge in [0.15, 0.2) is 0 Å². The van der Waals surface area contributed by atoms with E-state index in [-0.39, 0.29) is 11.1 Å². The van der Waals surface area contributed by atoms with Crippen LogP contribution >= 0.6 is 0 Å². The summed E-state index contributed by atoms with van der Waals surface area (Å²) in [4.78, 5) is 52.0. The fourth-order valence-electron chi connectivity index (χ4n) is 6.41. The summed E-state index contributed by atoms with van der Waals surface area (Å²) in [6.07, 6.45) is 0. The molecule has 50 heavy (non-hydrogen) atoms. The molecular weight excluding hydrogens is 624 g/mol. The van der Waals surface area contributed by atoms with Crippen molar-refractivity contribution in [1.82, 2.24) is 0 Å².